The lowest BCUT2D eigenvalue weighted by Gasteiger charge is -2.27. The van der Waals surface area contributed by atoms with E-state index in [1.807, 2.05) is 86.6 Å². The Kier molecular flexibility index (Phi) is 6.09. The molecule has 6 nitrogen and oxygen atoms in total. The Bertz CT molecular complexity index is 1180. The van der Waals surface area contributed by atoms with E-state index in [9.17, 15) is 4.79 Å². The quantitative estimate of drug-likeness (QED) is 0.438. The summed E-state index contributed by atoms with van der Waals surface area (Å²) < 4.78 is 1.71. The predicted molar refractivity (Wildman–Crippen MR) is 123 cm³/mol. The van der Waals surface area contributed by atoms with Crippen LogP contribution < -0.4 is 0 Å². The zero-order valence-corrected chi connectivity index (χ0v) is 18.0. The van der Waals surface area contributed by atoms with E-state index in [1.165, 1.54) is 0 Å². The van der Waals surface area contributed by atoms with E-state index >= 15 is 0 Å². The molecule has 0 saturated carbocycles. The van der Waals surface area contributed by atoms with E-state index in [4.69, 9.17) is 5.26 Å². The topological polar surface area (TPSA) is 74.8 Å². The molecule has 3 aromatic carbocycles. The van der Waals surface area contributed by atoms with E-state index < -0.39 is 0 Å². The molecule has 1 unspecified atom stereocenters. The first-order valence-electron chi connectivity index (χ1n) is 10.5. The van der Waals surface area contributed by atoms with Crippen LogP contribution in [0.1, 0.15) is 41.6 Å². The van der Waals surface area contributed by atoms with Gasteiger partial charge in [0, 0.05) is 12.1 Å². The zero-order valence-electron chi connectivity index (χ0n) is 18.0. The highest BCUT2D eigenvalue weighted by Crippen LogP contribution is 2.25. The molecular formula is C26H23N5O. The second-order valence-electron chi connectivity index (χ2n) is 7.37. The molecule has 1 heterocycles. The maximum Gasteiger partial charge on any atom is 0.294 e. The summed E-state index contributed by atoms with van der Waals surface area (Å²) in [5.41, 5.74) is 3.25. The van der Waals surface area contributed by atoms with Crippen LogP contribution in [0.15, 0.2) is 84.9 Å². The molecule has 1 aromatic heterocycles. The van der Waals surface area contributed by atoms with Crippen LogP contribution in [-0.2, 0) is 0 Å². The summed E-state index contributed by atoms with van der Waals surface area (Å²) in [4.78, 5) is 19.9. The molecule has 0 bridgehead atoms. The van der Waals surface area contributed by atoms with Crippen LogP contribution in [0.25, 0.3) is 17.1 Å². The molecule has 0 aliphatic carbocycles. The minimum Gasteiger partial charge on any atom is -0.329 e. The number of nitriles is 1. The summed E-state index contributed by atoms with van der Waals surface area (Å²) in [6, 6.07) is 28.6. The lowest BCUT2D eigenvalue weighted by molar-refractivity contribution is 0.0690. The van der Waals surface area contributed by atoms with Crippen molar-refractivity contribution in [2.45, 2.75) is 19.9 Å². The van der Waals surface area contributed by atoms with Gasteiger partial charge in [0.1, 0.15) is 0 Å². The van der Waals surface area contributed by atoms with Crippen molar-refractivity contribution in [2.75, 3.05) is 6.54 Å². The minimum atomic E-state index is -0.240. The number of hydrogen-bond acceptors (Lipinski definition) is 4. The van der Waals surface area contributed by atoms with E-state index in [1.54, 1.807) is 21.7 Å². The van der Waals surface area contributed by atoms with Gasteiger partial charge in [0.15, 0.2) is 5.82 Å². The fourth-order valence-electron chi connectivity index (χ4n) is 3.66. The number of para-hydroxylation sites is 1. The van der Waals surface area contributed by atoms with Crippen LogP contribution in [0.4, 0.5) is 0 Å². The van der Waals surface area contributed by atoms with Gasteiger partial charge in [0.25, 0.3) is 5.91 Å². The molecule has 158 valence electrons. The number of hydrogen-bond donors (Lipinski definition) is 0. The molecule has 0 N–H and O–H groups in total. The summed E-state index contributed by atoms with van der Waals surface area (Å²) >= 11 is 0. The monoisotopic (exact) mass is 421 g/mol. The smallest absolute Gasteiger partial charge is 0.294 e. The Morgan fingerprint density at radius 1 is 1.00 bits per heavy atom. The highest BCUT2D eigenvalue weighted by molar-refractivity contribution is 5.91. The van der Waals surface area contributed by atoms with Gasteiger partial charge < -0.3 is 4.90 Å². The highest BCUT2D eigenvalue weighted by Gasteiger charge is 2.26. The van der Waals surface area contributed by atoms with E-state index in [0.717, 1.165) is 16.8 Å². The molecule has 6 heteroatoms. The molecule has 0 radical (unpaired) electrons. The minimum absolute atomic E-state index is 0.148. The van der Waals surface area contributed by atoms with Gasteiger partial charge in [-0.1, -0.05) is 60.7 Å². The van der Waals surface area contributed by atoms with Crippen LogP contribution in [-0.4, -0.2) is 32.1 Å². The lowest BCUT2D eigenvalue weighted by Crippen LogP contribution is -2.34. The van der Waals surface area contributed by atoms with Gasteiger partial charge in [-0.15, -0.1) is 5.10 Å². The Labute approximate surface area is 187 Å². The number of carbonyl (C=O) groups excluding carboxylic acids is 1. The number of nitrogens with zero attached hydrogens (tertiary/aromatic N) is 5. The first-order chi connectivity index (χ1) is 15.6. The summed E-state index contributed by atoms with van der Waals surface area (Å²) in [5, 5.41) is 13.6. The third kappa shape index (κ3) is 4.14. The molecule has 0 fully saturated rings. The highest BCUT2D eigenvalue weighted by atomic mass is 16.2. The zero-order chi connectivity index (χ0) is 22.5. The molecule has 0 saturated heterocycles. The molecule has 4 aromatic rings. The number of rotatable bonds is 6. The van der Waals surface area contributed by atoms with Gasteiger partial charge in [-0.25, -0.2) is 9.67 Å². The molecule has 0 aliphatic heterocycles. The Balaban J connectivity index is 1.72. The normalized spacial score (nSPS) is 11.5. The van der Waals surface area contributed by atoms with Crippen LogP contribution in [0.3, 0.4) is 0 Å². The molecule has 1 amide bonds. The first-order valence-corrected chi connectivity index (χ1v) is 10.5. The van der Waals surface area contributed by atoms with Crippen molar-refractivity contribution in [1.29, 1.82) is 5.26 Å². The first kappa shape index (κ1) is 21.0. The largest absolute Gasteiger partial charge is 0.329 e. The second kappa shape index (κ2) is 9.27. The Morgan fingerprint density at radius 2 is 1.62 bits per heavy atom. The Hall–Kier alpha value is -4.24. The fourth-order valence-corrected chi connectivity index (χ4v) is 3.66. The fraction of sp³-hybridized carbons (Fsp3) is 0.154. The van der Waals surface area contributed by atoms with Crippen LogP contribution >= 0.6 is 0 Å². The molecular weight excluding hydrogens is 398 g/mol. The number of carbonyl (C=O) groups is 1. The van der Waals surface area contributed by atoms with E-state index in [0.29, 0.717) is 17.9 Å². The van der Waals surface area contributed by atoms with Crippen LogP contribution in [0.5, 0.6) is 0 Å². The third-order valence-electron chi connectivity index (χ3n) is 5.42. The van der Waals surface area contributed by atoms with Crippen molar-refractivity contribution < 1.29 is 4.79 Å². The van der Waals surface area contributed by atoms with Crippen LogP contribution in [0, 0.1) is 11.3 Å². The number of amides is 1. The van der Waals surface area contributed by atoms with Gasteiger partial charge in [0.05, 0.1) is 23.4 Å². The van der Waals surface area contributed by atoms with Crippen molar-refractivity contribution in [3.63, 3.8) is 0 Å². The van der Waals surface area contributed by atoms with Gasteiger partial charge in [-0.2, -0.15) is 5.26 Å². The number of aromatic nitrogens is 3. The average Bonchev–Trinajstić information content (AvgIpc) is 3.31. The Morgan fingerprint density at radius 3 is 2.22 bits per heavy atom. The van der Waals surface area contributed by atoms with Crippen molar-refractivity contribution in [3.8, 4) is 23.1 Å². The van der Waals surface area contributed by atoms with Gasteiger partial charge in [-0.05, 0) is 43.7 Å². The third-order valence-corrected chi connectivity index (χ3v) is 5.42. The molecule has 4 rings (SSSR count). The van der Waals surface area contributed by atoms with Crippen molar-refractivity contribution in [3.05, 3.63) is 102 Å². The maximum atomic E-state index is 13.5. The predicted octanol–water partition coefficient (Wildman–Crippen LogP) is 5.03. The average molecular weight is 422 g/mol. The summed E-state index contributed by atoms with van der Waals surface area (Å²) in [7, 11) is 0. The lowest BCUT2D eigenvalue weighted by atomic mass is 10.0. The van der Waals surface area contributed by atoms with Crippen molar-refractivity contribution in [2.24, 2.45) is 0 Å². The number of benzene rings is 3. The van der Waals surface area contributed by atoms with Crippen molar-refractivity contribution in [1.82, 2.24) is 19.7 Å². The molecule has 1 atom stereocenters. The SMILES string of the molecule is CCN(C(=O)c1nc(-c2ccccc2)n(-c2ccccc2)n1)C(C)c1ccc(C#N)cc1. The van der Waals surface area contributed by atoms with E-state index in [-0.39, 0.29) is 17.8 Å². The van der Waals surface area contributed by atoms with Gasteiger partial charge in [-0.3, -0.25) is 4.79 Å². The summed E-state index contributed by atoms with van der Waals surface area (Å²) in [6.07, 6.45) is 0. The van der Waals surface area contributed by atoms with Crippen LogP contribution in [0.2, 0.25) is 0 Å². The maximum absolute atomic E-state index is 13.5. The second-order valence-corrected chi connectivity index (χ2v) is 7.37. The summed E-state index contributed by atoms with van der Waals surface area (Å²) in [6.45, 7) is 4.40. The molecule has 32 heavy (non-hydrogen) atoms. The van der Waals surface area contributed by atoms with E-state index in [2.05, 4.69) is 16.2 Å². The molecule has 0 spiro atoms. The summed E-state index contributed by atoms with van der Waals surface area (Å²) in [5.74, 6) is 0.522. The standard InChI is InChI=1S/C26H23N5O/c1-3-30(19(2)21-16-14-20(18-27)15-17-21)26(32)24-28-25(22-10-6-4-7-11-22)31(29-24)23-12-8-5-9-13-23/h4-17,19H,3H2,1-2H3. The van der Waals surface area contributed by atoms with Gasteiger partial charge >= 0.3 is 0 Å². The van der Waals surface area contributed by atoms with Crippen molar-refractivity contribution >= 4 is 5.91 Å². The van der Waals surface area contributed by atoms with Gasteiger partial charge in [0.2, 0.25) is 5.82 Å². The molecule has 0 aliphatic rings.